The number of anilines is 2. The number of ether oxygens (including phenoxy) is 1. The van der Waals surface area contributed by atoms with Crippen LogP contribution in [0.1, 0.15) is 10.5 Å². The van der Waals surface area contributed by atoms with Gasteiger partial charge in [0.05, 0.1) is 17.8 Å². The van der Waals surface area contributed by atoms with Crippen molar-refractivity contribution in [3.8, 4) is 5.75 Å². The Morgan fingerprint density at radius 2 is 2.16 bits per heavy atom. The number of nitrogens with one attached hydrogen (secondary N) is 1. The van der Waals surface area contributed by atoms with Crippen LogP contribution in [0.3, 0.4) is 0 Å². The zero-order chi connectivity index (χ0) is 14.0. The second-order valence-corrected chi connectivity index (χ2v) is 4.50. The lowest BCUT2D eigenvalue weighted by atomic mass is 10.2. The summed E-state index contributed by atoms with van der Waals surface area (Å²) < 4.78 is 6.71. The minimum atomic E-state index is -0.251. The molecule has 0 spiro atoms. The van der Waals surface area contributed by atoms with Crippen molar-refractivity contribution >= 4 is 28.9 Å². The monoisotopic (exact) mass is 279 g/mol. The van der Waals surface area contributed by atoms with Crippen molar-refractivity contribution in [1.29, 1.82) is 0 Å². The van der Waals surface area contributed by atoms with E-state index < -0.39 is 0 Å². The Morgan fingerprint density at radius 1 is 1.42 bits per heavy atom. The third-order valence-corrected chi connectivity index (χ3v) is 2.90. The summed E-state index contributed by atoms with van der Waals surface area (Å²) in [6.45, 7) is 0. The van der Waals surface area contributed by atoms with Crippen LogP contribution in [-0.4, -0.2) is 17.6 Å². The number of benzene rings is 1. The molecule has 19 heavy (non-hydrogen) atoms. The highest BCUT2D eigenvalue weighted by molar-refractivity contribution is 6.31. The van der Waals surface area contributed by atoms with Crippen LogP contribution in [-0.2, 0) is 7.05 Å². The lowest BCUT2D eigenvalue weighted by Gasteiger charge is -2.09. The molecule has 2 aromatic rings. The van der Waals surface area contributed by atoms with Crippen LogP contribution < -0.4 is 15.8 Å². The molecule has 0 saturated carbocycles. The highest BCUT2D eigenvalue weighted by Crippen LogP contribution is 2.25. The van der Waals surface area contributed by atoms with Gasteiger partial charge in [0.15, 0.2) is 0 Å². The molecule has 0 atom stereocenters. The first kappa shape index (κ1) is 13.3. The molecule has 2 rings (SSSR count). The highest BCUT2D eigenvalue weighted by Gasteiger charge is 2.12. The van der Waals surface area contributed by atoms with E-state index in [1.165, 1.54) is 7.11 Å². The Kier molecular flexibility index (Phi) is 3.66. The Bertz CT molecular complexity index is 622. The van der Waals surface area contributed by atoms with E-state index in [1.807, 2.05) is 0 Å². The van der Waals surface area contributed by atoms with Crippen molar-refractivity contribution in [2.75, 3.05) is 18.2 Å². The number of nitrogen functional groups attached to an aromatic ring is 1. The van der Waals surface area contributed by atoms with E-state index in [2.05, 4.69) is 5.32 Å². The summed E-state index contributed by atoms with van der Waals surface area (Å²) in [6, 6.07) is 6.66. The molecule has 5 nitrogen and oxygen atoms in total. The van der Waals surface area contributed by atoms with E-state index >= 15 is 0 Å². The van der Waals surface area contributed by atoms with E-state index in [0.29, 0.717) is 27.8 Å². The molecule has 0 bridgehead atoms. The Labute approximate surface area is 115 Å². The van der Waals surface area contributed by atoms with Crippen LogP contribution in [0.2, 0.25) is 5.02 Å². The zero-order valence-corrected chi connectivity index (χ0v) is 11.4. The smallest absolute Gasteiger partial charge is 0.272 e. The van der Waals surface area contributed by atoms with Crippen molar-refractivity contribution in [3.63, 3.8) is 0 Å². The maximum atomic E-state index is 12.1. The molecule has 0 aliphatic carbocycles. The summed E-state index contributed by atoms with van der Waals surface area (Å²) in [7, 11) is 3.29. The van der Waals surface area contributed by atoms with Gasteiger partial charge in [-0.1, -0.05) is 11.6 Å². The van der Waals surface area contributed by atoms with E-state index in [0.717, 1.165) is 0 Å². The number of carbonyl (C=O) groups excluding carboxylic acids is 1. The van der Waals surface area contributed by atoms with Crippen molar-refractivity contribution in [3.05, 3.63) is 41.2 Å². The molecule has 3 N–H and O–H groups in total. The number of aryl methyl sites for hydroxylation is 1. The molecular weight excluding hydrogens is 266 g/mol. The van der Waals surface area contributed by atoms with Crippen molar-refractivity contribution in [2.45, 2.75) is 0 Å². The predicted octanol–water partition coefficient (Wildman–Crippen LogP) is 2.52. The lowest BCUT2D eigenvalue weighted by Crippen LogP contribution is -2.15. The topological polar surface area (TPSA) is 69.3 Å². The fourth-order valence-electron chi connectivity index (χ4n) is 1.76. The molecule has 1 heterocycles. The number of hydrogen-bond acceptors (Lipinski definition) is 3. The van der Waals surface area contributed by atoms with Crippen molar-refractivity contribution in [2.24, 2.45) is 7.05 Å². The number of rotatable bonds is 3. The van der Waals surface area contributed by atoms with Gasteiger partial charge in [0.2, 0.25) is 0 Å². The molecule has 1 aromatic heterocycles. The fourth-order valence-corrected chi connectivity index (χ4v) is 2.01. The Morgan fingerprint density at radius 3 is 2.68 bits per heavy atom. The van der Waals surface area contributed by atoms with E-state index in [4.69, 9.17) is 22.1 Å². The molecule has 0 aliphatic heterocycles. The molecule has 0 aliphatic rings. The van der Waals surface area contributed by atoms with E-state index in [-0.39, 0.29) is 5.91 Å². The predicted molar refractivity (Wildman–Crippen MR) is 75.8 cm³/mol. The number of amides is 1. The van der Waals surface area contributed by atoms with Crippen molar-refractivity contribution < 1.29 is 9.53 Å². The summed E-state index contributed by atoms with van der Waals surface area (Å²) in [5, 5.41) is 3.27. The quantitative estimate of drug-likeness (QED) is 0.848. The first-order valence-electron chi connectivity index (χ1n) is 5.58. The summed E-state index contributed by atoms with van der Waals surface area (Å²) in [6.07, 6.45) is 1.67. The van der Waals surface area contributed by atoms with Gasteiger partial charge in [-0.3, -0.25) is 4.79 Å². The van der Waals surface area contributed by atoms with Gasteiger partial charge in [-0.05, 0) is 24.3 Å². The largest absolute Gasteiger partial charge is 0.495 e. The Balaban J connectivity index is 2.19. The normalized spacial score (nSPS) is 10.3. The fraction of sp³-hybridized carbons (Fsp3) is 0.154. The SMILES string of the molecule is COc1ccc(NC(=O)c2cc(Cl)cn2C)cc1N. The van der Waals surface area contributed by atoms with Crippen LogP contribution in [0.4, 0.5) is 11.4 Å². The summed E-state index contributed by atoms with van der Waals surface area (Å²) in [5.74, 6) is 0.318. The van der Waals surface area contributed by atoms with Gasteiger partial charge in [-0.25, -0.2) is 0 Å². The standard InChI is InChI=1S/C13H14ClN3O2/c1-17-7-8(14)5-11(17)13(18)16-9-3-4-12(19-2)10(15)6-9/h3-7H,15H2,1-2H3,(H,16,18). The molecule has 0 saturated heterocycles. The van der Waals surface area contributed by atoms with Crippen LogP contribution in [0.5, 0.6) is 5.75 Å². The number of carbonyl (C=O) groups is 1. The number of methoxy groups -OCH3 is 1. The van der Waals surface area contributed by atoms with Gasteiger partial charge in [0.25, 0.3) is 5.91 Å². The van der Waals surface area contributed by atoms with Crippen LogP contribution >= 0.6 is 11.6 Å². The number of nitrogens with two attached hydrogens (primary N) is 1. The van der Waals surface area contributed by atoms with Crippen molar-refractivity contribution in [1.82, 2.24) is 4.57 Å². The van der Waals surface area contributed by atoms with Gasteiger partial charge in [0.1, 0.15) is 11.4 Å². The van der Waals surface area contributed by atoms with E-state index in [9.17, 15) is 4.79 Å². The molecular formula is C13H14ClN3O2. The molecule has 0 unspecified atom stereocenters. The van der Waals surface area contributed by atoms with Gasteiger partial charge in [0, 0.05) is 18.9 Å². The third-order valence-electron chi connectivity index (χ3n) is 2.69. The summed E-state index contributed by atoms with van der Waals surface area (Å²) >= 11 is 5.84. The molecule has 1 aromatic carbocycles. The highest BCUT2D eigenvalue weighted by atomic mass is 35.5. The van der Waals surface area contributed by atoms with Gasteiger partial charge < -0.3 is 20.4 Å². The van der Waals surface area contributed by atoms with Gasteiger partial charge >= 0.3 is 0 Å². The molecule has 100 valence electrons. The first-order chi connectivity index (χ1) is 9.01. The average molecular weight is 280 g/mol. The maximum absolute atomic E-state index is 12.1. The maximum Gasteiger partial charge on any atom is 0.272 e. The number of nitrogens with zero attached hydrogens (tertiary/aromatic N) is 1. The summed E-state index contributed by atoms with van der Waals surface area (Å²) in [4.78, 5) is 12.1. The van der Waals surface area contributed by atoms with Crippen LogP contribution in [0.25, 0.3) is 0 Å². The number of aromatic nitrogens is 1. The number of hydrogen-bond donors (Lipinski definition) is 2. The first-order valence-corrected chi connectivity index (χ1v) is 5.96. The minimum Gasteiger partial charge on any atom is -0.495 e. The average Bonchev–Trinajstić information content (AvgIpc) is 2.69. The second-order valence-electron chi connectivity index (χ2n) is 4.07. The number of halogens is 1. The van der Waals surface area contributed by atoms with Crippen LogP contribution in [0, 0.1) is 0 Å². The molecule has 0 fully saturated rings. The molecule has 1 amide bonds. The zero-order valence-electron chi connectivity index (χ0n) is 10.6. The lowest BCUT2D eigenvalue weighted by molar-refractivity contribution is 0.101. The van der Waals surface area contributed by atoms with Gasteiger partial charge in [-0.15, -0.1) is 0 Å². The van der Waals surface area contributed by atoms with E-state index in [1.54, 1.807) is 42.1 Å². The van der Waals surface area contributed by atoms with Crippen LogP contribution in [0.15, 0.2) is 30.5 Å². The third kappa shape index (κ3) is 2.82. The van der Waals surface area contributed by atoms with Gasteiger partial charge in [-0.2, -0.15) is 0 Å². The minimum absolute atomic E-state index is 0.251. The summed E-state index contributed by atoms with van der Waals surface area (Å²) in [5.41, 5.74) is 7.31. The molecule has 6 heteroatoms. The Hall–Kier alpha value is -2.14. The second kappa shape index (κ2) is 5.24. The molecule has 0 radical (unpaired) electrons.